The average Bonchev–Trinajstić information content (AvgIpc) is 2.91. The van der Waals surface area contributed by atoms with Gasteiger partial charge in [-0.3, -0.25) is 4.79 Å². The molecule has 5 nitrogen and oxygen atoms in total. The van der Waals surface area contributed by atoms with E-state index in [0.29, 0.717) is 22.4 Å². The van der Waals surface area contributed by atoms with Crippen molar-refractivity contribution in [2.45, 2.75) is 59.4 Å². The van der Waals surface area contributed by atoms with E-state index in [4.69, 9.17) is 5.73 Å². The Hall–Kier alpha value is -1.69. The predicted octanol–water partition coefficient (Wildman–Crippen LogP) is 4.08. The molecule has 5 atom stereocenters. The van der Waals surface area contributed by atoms with Crippen LogP contribution in [0.5, 0.6) is 0 Å². The van der Waals surface area contributed by atoms with Crippen LogP contribution in [0, 0.1) is 37.5 Å². The molecule has 2 saturated carbocycles. The standard InChI is InChI=1S/C20H28N4OS/c1-9-5-13-7-10(2)17(14(6-9)8-13)22-19(25)18-16(21)15-11(3)12(4)23-24-20(15)26-18/h9-10,13-14,17H,5-8,21H2,1-4H3,(H,22,25). The summed E-state index contributed by atoms with van der Waals surface area (Å²) in [5.74, 6) is 2.67. The minimum absolute atomic E-state index is 0.0453. The highest BCUT2D eigenvalue weighted by atomic mass is 32.1. The molecule has 2 fully saturated rings. The minimum atomic E-state index is -0.0453. The van der Waals surface area contributed by atoms with Crippen molar-refractivity contribution in [1.29, 1.82) is 0 Å². The first-order valence-corrected chi connectivity index (χ1v) is 10.5. The number of hydrogen-bond acceptors (Lipinski definition) is 5. The summed E-state index contributed by atoms with van der Waals surface area (Å²) < 4.78 is 0. The quantitative estimate of drug-likeness (QED) is 0.832. The van der Waals surface area contributed by atoms with Crippen LogP contribution in [0.2, 0.25) is 0 Å². The maximum absolute atomic E-state index is 13.1. The molecule has 4 rings (SSSR count). The molecule has 0 saturated heterocycles. The van der Waals surface area contributed by atoms with E-state index in [2.05, 4.69) is 29.4 Å². The van der Waals surface area contributed by atoms with Crippen LogP contribution in [0.15, 0.2) is 0 Å². The number of rotatable bonds is 2. The molecule has 6 heteroatoms. The lowest BCUT2D eigenvalue weighted by Gasteiger charge is -2.46. The van der Waals surface area contributed by atoms with E-state index in [-0.39, 0.29) is 11.9 Å². The molecule has 2 bridgehead atoms. The van der Waals surface area contributed by atoms with Gasteiger partial charge < -0.3 is 11.1 Å². The van der Waals surface area contributed by atoms with E-state index in [1.807, 2.05) is 13.8 Å². The lowest BCUT2D eigenvalue weighted by atomic mass is 9.63. The number of nitrogens with two attached hydrogens (primary N) is 1. The molecule has 3 N–H and O–H groups in total. The lowest BCUT2D eigenvalue weighted by Crippen LogP contribution is -2.50. The van der Waals surface area contributed by atoms with Gasteiger partial charge in [0, 0.05) is 11.4 Å². The maximum Gasteiger partial charge on any atom is 0.263 e. The van der Waals surface area contributed by atoms with Crippen molar-refractivity contribution >= 4 is 33.1 Å². The first-order chi connectivity index (χ1) is 12.3. The topological polar surface area (TPSA) is 80.9 Å². The van der Waals surface area contributed by atoms with Gasteiger partial charge in [-0.25, -0.2) is 0 Å². The number of nitrogens with one attached hydrogen (secondary N) is 1. The number of aryl methyl sites for hydroxylation is 2. The summed E-state index contributed by atoms with van der Waals surface area (Å²) in [6.07, 6.45) is 5.04. The Morgan fingerprint density at radius 3 is 2.69 bits per heavy atom. The van der Waals surface area contributed by atoms with Crippen molar-refractivity contribution in [3.8, 4) is 0 Å². The summed E-state index contributed by atoms with van der Waals surface area (Å²) in [5, 5.41) is 12.6. The fraction of sp³-hybridized carbons (Fsp3) is 0.650. The number of amides is 1. The molecule has 0 aromatic carbocycles. The zero-order chi connectivity index (χ0) is 18.6. The molecule has 26 heavy (non-hydrogen) atoms. The van der Waals surface area contributed by atoms with E-state index in [9.17, 15) is 4.79 Å². The summed E-state index contributed by atoms with van der Waals surface area (Å²) in [7, 11) is 0. The highest BCUT2D eigenvalue weighted by Gasteiger charge is 2.41. The highest BCUT2D eigenvalue weighted by molar-refractivity contribution is 7.21. The molecule has 0 spiro atoms. The number of thiophene rings is 1. The van der Waals surface area contributed by atoms with E-state index >= 15 is 0 Å². The van der Waals surface area contributed by atoms with E-state index in [1.54, 1.807) is 0 Å². The Bertz CT molecular complexity index is 857. The third kappa shape index (κ3) is 2.88. The second-order valence-corrected chi connectivity index (χ2v) is 9.59. The zero-order valence-electron chi connectivity index (χ0n) is 16.0. The van der Waals surface area contributed by atoms with E-state index in [0.717, 1.165) is 33.3 Å². The number of aromatic nitrogens is 2. The van der Waals surface area contributed by atoms with Crippen molar-refractivity contribution in [3.63, 3.8) is 0 Å². The minimum Gasteiger partial charge on any atom is -0.397 e. The normalized spacial score (nSPS) is 31.2. The second kappa shape index (κ2) is 6.48. The van der Waals surface area contributed by atoms with Gasteiger partial charge in [0.05, 0.1) is 11.4 Å². The molecular weight excluding hydrogens is 344 g/mol. The number of nitrogens with zero attached hydrogens (tertiary/aromatic N) is 2. The van der Waals surface area contributed by atoms with Crippen molar-refractivity contribution in [1.82, 2.24) is 15.5 Å². The number of nitrogen functional groups attached to an aromatic ring is 1. The number of carbonyl (C=O) groups is 1. The van der Waals surface area contributed by atoms with E-state index in [1.165, 1.54) is 37.0 Å². The van der Waals surface area contributed by atoms with Crippen molar-refractivity contribution in [2.75, 3.05) is 5.73 Å². The summed E-state index contributed by atoms with van der Waals surface area (Å²) >= 11 is 1.36. The van der Waals surface area contributed by atoms with Crippen LogP contribution in [0.1, 0.15) is 60.5 Å². The summed E-state index contributed by atoms with van der Waals surface area (Å²) in [6, 6.07) is 0.250. The first-order valence-electron chi connectivity index (χ1n) is 9.67. The molecule has 2 aromatic rings. The van der Waals surface area contributed by atoms with Crippen LogP contribution in [-0.4, -0.2) is 22.1 Å². The van der Waals surface area contributed by atoms with E-state index < -0.39 is 0 Å². The van der Waals surface area contributed by atoms with Crippen LogP contribution < -0.4 is 11.1 Å². The van der Waals surface area contributed by atoms with Gasteiger partial charge in [0.2, 0.25) is 0 Å². The van der Waals surface area contributed by atoms with Crippen LogP contribution in [0.25, 0.3) is 10.2 Å². The van der Waals surface area contributed by atoms with Gasteiger partial charge in [0.1, 0.15) is 9.71 Å². The SMILES string of the molecule is Cc1nnc2sc(C(=O)NC3C(C)CC4CC(C)CC3C4)c(N)c2c1C. The van der Waals surface area contributed by atoms with Gasteiger partial charge in [-0.05, 0) is 68.8 Å². The lowest BCUT2D eigenvalue weighted by molar-refractivity contribution is 0.0599. The van der Waals surface area contributed by atoms with Crippen LogP contribution in [0.4, 0.5) is 5.69 Å². The average molecular weight is 373 g/mol. The number of carbonyl (C=O) groups excluding carboxylic acids is 1. The summed E-state index contributed by atoms with van der Waals surface area (Å²) in [6.45, 7) is 8.54. The van der Waals surface area contributed by atoms with Gasteiger partial charge >= 0.3 is 0 Å². The Balaban J connectivity index is 1.61. The number of anilines is 1. The van der Waals surface area contributed by atoms with Crippen LogP contribution in [0.3, 0.4) is 0 Å². The largest absolute Gasteiger partial charge is 0.397 e. The molecule has 2 aliphatic rings. The van der Waals surface area contributed by atoms with Crippen molar-refractivity contribution < 1.29 is 4.79 Å². The van der Waals surface area contributed by atoms with Gasteiger partial charge in [0.15, 0.2) is 0 Å². The van der Waals surface area contributed by atoms with Gasteiger partial charge in [0.25, 0.3) is 5.91 Å². The highest BCUT2D eigenvalue weighted by Crippen LogP contribution is 2.45. The Labute approximate surface area is 158 Å². The third-order valence-corrected chi connectivity index (χ3v) is 7.63. The first kappa shape index (κ1) is 17.7. The number of fused-ring (bicyclic) bond motifs is 3. The Kier molecular flexibility index (Phi) is 4.41. The monoisotopic (exact) mass is 372 g/mol. The molecule has 2 aromatic heterocycles. The van der Waals surface area contributed by atoms with Gasteiger partial charge in [-0.15, -0.1) is 16.4 Å². The molecule has 2 aliphatic carbocycles. The second-order valence-electron chi connectivity index (χ2n) is 8.59. The fourth-order valence-corrected chi connectivity index (χ4v) is 6.32. The third-order valence-electron chi connectivity index (χ3n) is 6.54. The van der Waals surface area contributed by atoms with Crippen molar-refractivity contribution in [3.05, 3.63) is 16.1 Å². The summed E-state index contributed by atoms with van der Waals surface area (Å²) in [4.78, 5) is 14.4. The molecule has 1 amide bonds. The molecule has 5 unspecified atom stereocenters. The van der Waals surface area contributed by atoms with Gasteiger partial charge in [-0.2, -0.15) is 5.10 Å². The Morgan fingerprint density at radius 1 is 1.15 bits per heavy atom. The smallest absolute Gasteiger partial charge is 0.263 e. The molecule has 0 radical (unpaired) electrons. The van der Waals surface area contributed by atoms with Gasteiger partial charge in [-0.1, -0.05) is 13.8 Å². The molecule has 2 heterocycles. The molecule has 140 valence electrons. The number of hydrogen-bond donors (Lipinski definition) is 2. The van der Waals surface area contributed by atoms with Crippen molar-refractivity contribution in [2.24, 2.45) is 23.7 Å². The zero-order valence-corrected chi connectivity index (χ0v) is 16.8. The fourth-order valence-electron chi connectivity index (χ4n) is 5.31. The molecule has 0 aliphatic heterocycles. The molecular formula is C20H28N4OS. The summed E-state index contributed by atoms with van der Waals surface area (Å²) in [5.41, 5.74) is 8.78. The maximum atomic E-state index is 13.1. The van der Waals surface area contributed by atoms with Crippen LogP contribution in [-0.2, 0) is 0 Å². The van der Waals surface area contributed by atoms with Crippen LogP contribution >= 0.6 is 11.3 Å². The predicted molar refractivity (Wildman–Crippen MR) is 106 cm³/mol. The Morgan fingerprint density at radius 2 is 1.92 bits per heavy atom.